The first kappa shape index (κ1) is 14.4. The highest BCUT2D eigenvalue weighted by Gasteiger charge is 1.97. The summed E-state index contributed by atoms with van der Waals surface area (Å²) in [6, 6.07) is 5.78. The summed E-state index contributed by atoms with van der Waals surface area (Å²) in [5.74, 6) is 0. The van der Waals surface area contributed by atoms with Crippen LogP contribution in [0.3, 0.4) is 0 Å². The topological polar surface area (TPSA) is 74.2 Å². The summed E-state index contributed by atoms with van der Waals surface area (Å²) in [6.07, 6.45) is 3.62. The first-order valence-electron chi connectivity index (χ1n) is 5.23. The van der Waals surface area contributed by atoms with Gasteiger partial charge in [0.15, 0.2) is 13.3 Å². The van der Waals surface area contributed by atoms with Crippen LogP contribution in [0.5, 0.6) is 0 Å². The molecule has 0 saturated heterocycles. The second-order valence-corrected chi connectivity index (χ2v) is 5.29. The number of rotatable bonds is 1. The molecule has 0 saturated carbocycles. The Bertz CT molecular complexity index is 583. The normalized spacial score (nSPS) is 10.7. The van der Waals surface area contributed by atoms with Crippen molar-refractivity contribution in [1.82, 2.24) is 0 Å². The fraction of sp³-hybridized carbons (Fsp3) is 0.250. The lowest BCUT2D eigenvalue weighted by Gasteiger charge is -2.05. The van der Waals surface area contributed by atoms with E-state index in [2.05, 4.69) is 0 Å². The highest BCUT2D eigenvalue weighted by molar-refractivity contribution is 7.85. The van der Waals surface area contributed by atoms with E-state index in [0.29, 0.717) is 0 Å². The van der Waals surface area contributed by atoms with Crippen LogP contribution in [0.1, 0.15) is 11.1 Å². The number of benzene rings is 1. The molecular weight excluding hydrogens is 254 g/mol. The van der Waals surface area contributed by atoms with E-state index in [9.17, 15) is 13.0 Å². The van der Waals surface area contributed by atoms with E-state index >= 15 is 0 Å². The SMILES string of the molecule is Cc1ccc(S(=O)(=O)[O-])cc1.Cc1co[n+](C)c1. The smallest absolute Gasteiger partial charge is 0.222 e. The molecule has 0 unspecified atom stereocenters. The molecule has 0 N–H and O–H groups in total. The molecule has 1 aromatic heterocycles. The summed E-state index contributed by atoms with van der Waals surface area (Å²) in [5, 5.41) is 0. The molecule has 98 valence electrons. The Balaban J connectivity index is 0.000000199. The molecule has 0 aliphatic rings. The monoisotopic (exact) mass is 269 g/mol. The van der Waals surface area contributed by atoms with Gasteiger partial charge in [0.1, 0.15) is 10.1 Å². The first-order chi connectivity index (χ1) is 8.29. The molecule has 0 radical (unpaired) electrons. The quantitative estimate of drug-likeness (QED) is 0.578. The van der Waals surface area contributed by atoms with Gasteiger partial charge in [-0.05, 0) is 30.7 Å². The molecule has 0 fully saturated rings. The van der Waals surface area contributed by atoms with Crippen LogP contribution in [-0.2, 0) is 17.2 Å². The van der Waals surface area contributed by atoms with Crippen molar-refractivity contribution in [3.8, 4) is 0 Å². The van der Waals surface area contributed by atoms with Crippen molar-refractivity contribution in [3.05, 3.63) is 47.9 Å². The van der Waals surface area contributed by atoms with Gasteiger partial charge in [-0.1, -0.05) is 17.7 Å². The van der Waals surface area contributed by atoms with E-state index in [0.717, 1.165) is 11.1 Å². The summed E-state index contributed by atoms with van der Waals surface area (Å²) in [4.78, 5) is -0.178. The average molecular weight is 269 g/mol. The minimum Gasteiger partial charge on any atom is -0.744 e. The minimum absolute atomic E-state index is 0.178. The molecule has 1 heterocycles. The summed E-state index contributed by atoms with van der Waals surface area (Å²) in [5.41, 5.74) is 2.08. The van der Waals surface area contributed by atoms with Gasteiger partial charge in [-0.2, -0.15) is 0 Å². The van der Waals surface area contributed by atoms with E-state index in [1.807, 2.05) is 27.1 Å². The molecule has 18 heavy (non-hydrogen) atoms. The van der Waals surface area contributed by atoms with Crippen LogP contribution in [-0.4, -0.2) is 13.0 Å². The van der Waals surface area contributed by atoms with Gasteiger partial charge in [0, 0.05) is 0 Å². The van der Waals surface area contributed by atoms with Crippen molar-refractivity contribution < 1.29 is 22.2 Å². The Hall–Kier alpha value is -1.66. The molecular formula is C12H15NO4S. The van der Waals surface area contributed by atoms with Crippen molar-refractivity contribution in [2.45, 2.75) is 18.7 Å². The maximum atomic E-state index is 10.4. The standard InChI is InChI=1S/C7H8O3S.C5H8NO/c1-6-2-4-7(5-3-6)11(8,9)10;1-5-3-6(2)7-4-5/h2-5H,1H3,(H,8,9,10);3-4H,1-2H3/q;+1/p-1. The molecule has 0 amide bonds. The molecule has 6 heteroatoms. The second kappa shape index (κ2) is 5.79. The van der Waals surface area contributed by atoms with Crippen molar-refractivity contribution >= 4 is 10.1 Å². The lowest BCUT2D eigenvalue weighted by molar-refractivity contribution is -0.845. The Kier molecular flexibility index (Phi) is 4.63. The van der Waals surface area contributed by atoms with Crippen molar-refractivity contribution in [2.24, 2.45) is 7.05 Å². The van der Waals surface area contributed by atoms with E-state index in [1.54, 1.807) is 23.1 Å². The summed E-state index contributed by atoms with van der Waals surface area (Å²) in [7, 11) is -2.42. The van der Waals surface area contributed by atoms with Gasteiger partial charge in [0.2, 0.25) is 6.20 Å². The molecule has 2 aromatic rings. The molecule has 0 aliphatic carbocycles. The van der Waals surface area contributed by atoms with Crippen molar-refractivity contribution in [2.75, 3.05) is 0 Å². The summed E-state index contributed by atoms with van der Waals surface area (Å²) < 4.78 is 37.7. The average Bonchev–Trinajstić information content (AvgIpc) is 2.62. The first-order valence-corrected chi connectivity index (χ1v) is 6.63. The summed E-state index contributed by atoms with van der Waals surface area (Å²) in [6.45, 7) is 3.81. The lowest BCUT2D eigenvalue weighted by Crippen LogP contribution is -2.22. The van der Waals surface area contributed by atoms with Crippen molar-refractivity contribution in [1.29, 1.82) is 0 Å². The molecule has 2 rings (SSSR count). The summed E-state index contributed by atoms with van der Waals surface area (Å²) >= 11 is 0. The fourth-order valence-corrected chi connectivity index (χ4v) is 1.69. The predicted molar refractivity (Wildman–Crippen MR) is 63.8 cm³/mol. The van der Waals surface area contributed by atoms with E-state index in [-0.39, 0.29) is 4.90 Å². The van der Waals surface area contributed by atoms with Gasteiger partial charge in [0.05, 0.1) is 10.5 Å². The van der Waals surface area contributed by atoms with Crippen molar-refractivity contribution in [3.63, 3.8) is 0 Å². The number of hydrogen-bond donors (Lipinski definition) is 0. The zero-order chi connectivity index (χ0) is 13.8. The third-order valence-electron chi connectivity index (χ3n) is 2.10. The van der Waals surface area contributed by atoms with Crippen LogP contribution < -0.4 is 4.74 Å². The molecule has 0 aliphatic heterocycles. The van der Waals surface area contributed by atoms with Crippen LogP contribution in [0.25, 0.3) is 0 Å². The maximum absolute atomic E-state index is 10.4. The van der Waals surface area contributed by atoms with E-state index < -0.39 is 10.1 Å². The maximum Gasteiger partial charge on any atom is 0.222 e. The van der Waals surface area contributed by atoms with E-state index in [4.69, 9.17) is 4.52 Å². The second-order valence-electron chi connectivity index (χ2n) is 3.91. The zero-order valence-corrected chi connectivity index (χ0v) is 11.3. The molecule has 1 aromatic carbocycles. The lowest BCUT2D eigenvalue weighted by atomic mass is 10.2. The van der Waals surface area contributed by atoms with E-state index in [1.165, 1.54) is 12.1 Å². The third kappa shape index (κ3) is 4.68. The number of aromatic nitrogens is 1. The van der Waals surface area contributed by atoms with Gasteiger partial charge in [-0.15, -0.1) is 0 Å². The Morgan fingerprint density at radius 2 is 1.67 bits per heavy atom. The minimum atomic E-state index is -4.27. The number of nitrogens with zero attached hydrogens (tertiary/aromatic N) is 1. The van der Waals surface area contributed by atoms with Gasteiger partial charge in [-0.25, -0.2) is 12.9 Å². The van der Waals surface area contributed by atoms with Crippen LogP contribution in [0, 0.1) is 13.8 Å². The highest BCUT2D eigenvalue weighted by atomic mass is 32.2. The predicted octanol–water partition coefficient (Wildman–Crippen LogP) is 1.31. The molecule has 0 spiro atoms. The van der Waals surface area contributed by atoms with Gasteiger partial charge >= 0.3 is 0 Å². The number of aryl methyl sites for hydroxylation is 3. The fourth-order valence-electron chi connectivity index (χ4n) is 1.22. The van der Waals surface area contributed by atoms with Crippen LogP contribution >= 0.6 is 0 Å². The Morgan fingerprint density at radius 3 is 1.94 bits per heavy atom. The molecule has 5 nitrogen and oxygen atoms in total. The third-order valence-corrected chi connectivity index (χ3v) is 2.95. The molecule has 0 bridgehead atoms. The van der Waals surface area contributed by atoms with Crippen LogP contribution in [0.15, 0.2) is 46.1 Å². The van der Waals surface area contributed by atoms with Crippen LogP contribution in [0.2, 0.25) is 0 Å². The zero-order valence-electron chi connectivity index (χ0n) is 10.5. The van der Waals surface area contributed by atoms with Gasteiger partial charge in [0.25, 0.3) is 0 Å². The Labute approximate surface area is 106 Å². The largest absolute Gasteiger partial charge is 0.744 e. The van der Waals surface area contributed by atoms with Gasteiger partial charge < -0.3 is 4.55 Å². The van der Waals surface area contributed by atoms with Gasteiger partial charge in [-0.3, -0.25) is 0 Å². The molecule has 0 atom stereocenters. The number of hydrogen-bond acceptors (Lipinski definition) is 4. The highest BCUT2D eigenvalue weighted by Crippen LogP contribution is 2.08. The Morgan fingerprint density at radius 1 is 1.11 bits per heavy atom. The van der Waals surface area contributed by atoms with Crippen LogP contribution in [0.4, 0.5) is 0 Å².